The maximum Gasteiger partial charge on any atom is 0.309 e. The van der Waals surface area contributed by atoms with Crippen molar-refractivity contribution >= 4 is 17.0 Å². The van der Waals surface area contributed by atoms with Gasteiger partial charge in [-0.05, 0) is 37.7 Å². The van der Waals surface area contributed by atoms with Crippen LogP contribution in [0.15, 0.2) is 30.3 Å². The summed E-state index contributed by atoms with van der Waals surface area (Å²) in [7, 11) is -0.845. The third-order valence-electron chi connectivity index (χ3n) is 4.59. The Bertz CT molecular complexity index is 522. The van der Waals surface area contributed by atoms with Crippen molar-refractivity contribution in [1.29, 1.82) is 0 Å². The third-order valence-corrected chi connectivity index (χ3v) is 6.50. The summed E-state index contributed by atoms with van der Waals surface area (Å²) in [4.78, 5) is 12.1. The molecule has 22 heavy (non-hydrogen) atoms. The average Bonchev–Trinajstić information content (AvgIpc) is 2.52. The Hall–Kier alpha value is -1.20. The molecule has 1 aromatic rings. The minimum atomic E-state index is -0.845. The molecule has 1 atom stereocenters. The molecule has 1 aliphatic heterocycles. The Labute approximate surface area is 134 Å². The first-order valence-corrected chi connectivity index (χ1v) is 9.27. The van der Waals surface area contributed by atoms with Gasteiger partial charge in [0.05, 0.1) is 16.9 Å². The van der Waals surface area contributed by atoms with E-state index < -0.39 is 11.0 Å². The highest BCUT2D eigenvalue weighted by atomic mass is 32.2. The Balaban J connectivity index is 1.42. The van der Waals surface area contributed by atoms with Gasteiger partial charge in [-0.3, -0.25) is 4.79 Å². The van der Waals surface area contributed by atoms with E-state index in [1.54, 1.807) is 0 Å². The number of carbonyl (C=O) groups excluding carboxylic acids is 1. The number of esters is 1. The van der Waals surface area contributed by atoms with Crippen LogP contribution in [0.2, 0.25) is 0 Å². The van der Waals surface area contributed by atoms with Crippen LogP contribution < -0.4 is 0 Å². The Kier molecular flexibility index (Phi) is 5.26. The molecular weight excluding hydrogens is 298 g/mol. The van der Waals surface area contributed by atoms with E-state index in [0.717, 1.165) is 50.8 Å². The van der Waals surface area contributed by atoms with E-state index in [4.69, 9.17) is 4.74 Å². The first-order valence-electron chi connectivity index (χ1n) is 8.10. The van der Waals surface area contributed by atoms with Gasteiger partial charge in [-0.2, -0.15) is 0 Å². The number of hydrogen-bond acceptors (Lipinski definition) is 3. The Morgan fingerprint density at radius 1 is 1.14 bits per heavy atom. The smallest absolute Gasteiger partial charge is 0.309 e. The lowest BCUT2D eigenvalue weighted by Gasteiger charge is -2.35. The van der Waals surface area contributed by atoms with E-state index in [1.807, 2.05) is 30.3 Å². The highest BCUT2D eigenvalue weighted by molar-refractivity contribution is 7.83. The fourth-order valence-electron chi connectivity index (χ4n) is 3.02. The van der Waals surface area contributed by atoms with Crippen LogP contribution in [-0.4, -0.2) is 32.8 Å². The standard InChI is InChI=1S/C17H23NO3S/c19-17(21-13-14-5-2-1-3-6-14)15-7-9-16(10-8-15)22(20)18-11-4-12-18/h1-3,5-6,15-16H,4,7-13H2. The van der Waals surface area contributed by atoms with Crippen molar-refractivity contribution in [3.63, 3.8) is 0 Å². The molecule has 0 aromatic heterocycles. The van der Waals surface area contributed by atoms with Crippen LogP contribution in [0.3, 0.4) is 0 Å². The maximum atomic E-state index is 12.3. The number of carbonyl (C=O) groups is 1. The van der Waals surface area contributed by atoms with Crippen molar-refractivity contribution in [2.24, 2.45) is 5.92 Å². The third kappa shape index (κ3) is 3.76. The van der Waals surface area contributed by atoms with Crippen LogP contribution in [0.25, 0.3) is 0 Å². The monoisotopic (exact) mass is 321 g/mol. The molecule has 1 aliphatic carbocycles. The van der Waals surface area contributed by atoms with Crippen LogP contribution in [0, 0.1) is 5.92 Å². The summed E-state index contributed by atoms with van der Waals surface area (Å²) < 4.78 is 19.8. The van der Waals surface area contributed by atoms with Crippen molar-refractivity contribution in [2.75, 3.05) is 13.1 Å². The SMILES string of the molecule is O=C(OCc1ccccc1)C1CCC(S(=O)N2CCC2)CC1. The number of benzene rings is 1. The van der Waals surface area contributed by atoms with Crippen molar-refractivity contribution in [1.82, 2.24) is 4.31 Å². The van der Waals surface area contributed by atoms with E-state index in [0.29, 0.717) is 6.61 Å². The zero-order valence-corrected chi connectivity index (χ0v) is 13.6. The Morgan fingerprint density at radius 3 is 2.41 bits per heavy atom. The second-order valence-electron chi connectivity index (χ2n) is 6.13. The maximum absolute atomic E-state index is 12.3. The van der Waals surface area contributed by atoms with Crippen molar-refractivity contribution < 1.29 is 13.7 Å². The molecule has 1 aromatic carbocycles. The molecule has 4 nitrogen and oxygen atoms in total. The average molecular weight is 321 g/mol. The number of hydrogen-bond donors (Lipinski definition) is 0. The summed E-state index contributed by atoms with van der Waals surface area (Å²) >= 11 is 0. The molecule has 1 unspecified atom stereocenters. The fourth-order valence-corrected chi connectivity index (χ4v) is 4.74. The topological polar surface area (TPSA) is 46.6 Å². The highest BCUT2D eigenvalue weighted by Gasteiger charge is 2.33. The molecule has 0 bridgehead atoms. The van der Waals surface area contributed by atoms with Crippen LogP contribution in [-0.2, 0) is 27.1 Å². The van der Waals surface area contributed by atoms with Crippen LogP contribution in [0.4, 0.5) is 0 Å². The molecule has 0 radical (unpaired) electrons. The second kappa shape index (κ2) is 7.38. The van der Waals surface area contributed by atoms with E-state index in [2.05, 4.69) is 4.31 Å². The lowest BCUT2D eigenvalue weighted by molar-refractivity contribution is -0.151. The van der Waals surface area contributed by atoms with Crippen molar-refractivity contribution in [3.05, 3.63) is 35.9 Å². The first-order chi connectivity index (χ1) is 10.7. The molecule has 5 heteroatoms. The van der Waals surface area contributed by atoms with Crippen LogP contribution >= 0.6 is 0 Å². The minimum absolute atomic E-state index is 0.0200. The predicted octanol–water partition coefficient (Wildman–Crippen LogP) is 2.66. The van der Waals surface area contributed by atoms with Crippen LogP contribution in [0.5, 0.6) is 0 Å². The second-order valence-corrected chi connectivity index (χ2v) is 7.86. The van der Waals surface area contributed by atoms with E-state index in [9.17, 15) is 9.00 Å². The molecule has 1 heterocycles. The number of ether oxygens (including phenoxy) is 1. The van der Waals surface area contributed by atoms with E-state index in [1.165, 1.54) is 0 Å². The lowest BCUT2D eigenvalue weighted by Crippen LogP contribution is -2.44. The molecule has 2 fully saturated rings. The normalized spacial score (nSPS) is 26.9. The molecule has 1 saturated carbocycles. The molecule has 2 aliphatic rings. The molecular formula is C17H23NO3S. The summed E-state index contributed by atoms with van der Waals surface area (Å²) in [6, 6.07) is 9.75. The zero-order valence-electron chi connectivity index (χ0n) is 12.8. The summed E-state index contributed by atoms with van der Waals surface area (Å²) in [6.07, 6.45) is 4.51. The van der Waals surface area contributed by atoms with Gasteiger partial charge >= 0.3 is 5.97 Å². The number of nitrogens with zero attached hydrogens (tertiary/aromatic N) is 1. The summed E-state index contributed by atoms with van der Waals surface area (Å²) in [5, 5.41) is 0.235. The minimum Gasteiger partial charge on any atom is -0.461 e. The van der Waals surface area contributed by atoms with E-state index in [-0.39, 0.29) is 17.1 Å². The molecule has 3 rings (SSSR count). The first kappa shape index (κ1) is 15.7. The van der Waals surface area contributed by atoms with E-state index >= 15 is 0 Å². The quantitative estimate of drug-likeness (QED) is 0.783. The largest absolute Gasteiger partial charge is 0.461 e. The van der Waals surface area contributed by atoms with Gasteiger partial charge in [0, 0.05) is 18.3 Å². The highest BCUT2D eigenvalue weighted by Crippen LogP contribution is 2.30. The fraction of sp³-hybridized carbons (Fsp3) is 0.588. The molecule has 1 saturated heterocycles. The number of rotatable bonds is 5. The molecule has 0 N–H and O–H groups in total. The zero-order chi connectivity index (χ0) is 15.4. The summed E-state index contributed by atoms with van der Waals surface area (Å²) in [6.45, 7) is 2.27. The predicted molar refractivity (Wildman–Crippen MR) is 86.3 cm³/mol. The van der Waals surface area contributed by atoms with Gasteiger partial charge in [0.2, 0.25) is 0 Å². The van der Waals surface area contributed by atoms with Gasteiger partial charge < -0.3 is 4.74 Å². The lowest BCUT2D eigenvalue weighted by atomic mass is 9.89. The van der Waals surface area contributed by atoms with Gasteiger partial charge in [0.25, 0.3) is 0 Å². The summed E-state index contributed by atoms with van der Waals surface area (Å²) in [5.41, 5.74) is 1.02. The van der Waals surface area contributed by atoms with Gasteiger partial charge in [0.15, 0.2) is 0 Å². The van der Waals surface area contributed by atoms with Gasteiger partial charge in [-0.25, -0.2) is 8.51 Å². The van der Waals surface area contributed by atoms with Crippen molar-refractivity contribution in [3.8, 4) is 0 Å². The van der Waals surface area contributed by atoms with Gasteiger partial charge in [-0.15, -0.1) is 0 Å². The van der Waals surface area contributed by atoms with Crippen LogP contribution in [0.1, 0.15) is 37.7 Å². The molecule has 0 amide bonds. The molecule has 0 spiro atoms. The van der Waals surface area contributed by atoms with Gasteiger partial charge in [0.1, 0.15) is 6.61 Å². The van der Waals surface area contributed by atoms with Gasteiger partial charge in [-0.1, -0.05) is 30.3 Å². The summed E-state index contributed by atoms with van der Waals surface area (Å²) in [5.74, 6) is -0.120. The Morgan fingerprint density at radius 2 is 1.82 bits per heavy atom. The van der Waals surface area contributed by atoms with Crippen molar-refractivity contribution in [2.45, 2.75) is 44.0 Å². The molecule has 120 valence electrons.